The third kappa shape index (κ3) is 3.33. The molecular weight excluding hydrogens is 357 g/mol. The summed E-state index contributed by atoms with van der Waals surface area (Å²) in [5.41, 5.74) is 1.95. The Morgan fingerprint density at radius 1 is 1.14 bits per heavy atom. The van der Waals surface area contributed by atoms with E-state index in [1.54, 1.807) is 37.3 Å². The molecule has 1 fully saturated rings. The van der Waals surface area contributed by atoms with E-state index in [4.69, 9.17) is 0 Å². The third-order valence-corrected chi connectivity index (χ3v) is 5.30. The number of carbonyl (C=O) groups excluding carboxylic acids is 1. The Bertz CT molecular complexity index is 1090. The highest BCUT2D eigenvalue weighted by atomic mass is 19.1. The number of aromatic amines is 1. The Labute approximate surface area is 161 Å². The lowest BCUT2D eigenvalue weighted by Gasteiger charge is -2.40. The van der Waals surface area contributed by atoms with Crippen molar-refractivity contribution in [2.45, 2.75) is 31.6 Å². The summed E-state index contributed by atoms with van der Waals surface area (Å²) < 4.78 is 13.3. The lowest BCUT2D eigenvalue weighted by molar-refractivity contribution is -0.124. The standard InChI is InChI=1S/C22H20FN3O2/c1-14-12-19(27)26-20(24-14)15-4-2-5-18(13-15)25-21(28)22(10-3-11-22)16-6-8-17(23)9-7-16/h2,4-9,12-13H,3,10-11H2,1H3,(H,25,28)(H,24,26,27). The predicted octanol–water partition coefficient (Wildman–Crippen LogP) is 3.94. The second kappa shape index (κ2) is 7.03. The van der Waals surface area contributed by atoms with E-state index >= 15 is 0 Å². The minimum Gasteiger partial charge on any atom is -0.325 e. The molecule has 0 aliphatic heterocycles. The van der Waals surface area contributed by atoms with E-state index in [1.165, 1.54) is 18.2 Å². The van der Waals surface area contributed by atoms with Gasteiger partial charge in [-0.1, -0.05) is 30.7 Å². The quantitative estimate of drug-likeness (QED) is 0.723. The van der Waals surface area contributed by atoms with Crippen molar-refractivity contribution in [2.75, 3.05) is 5.32 Å². The average Bonchev–Trinajstić information content (AvgIpc) is 2.62. The fourth-order valence-electron chi connectivity index (χ4n) is 3.66. The van der Waals surface area contributed by atoms with Crippen LogP contribution in [0, 0.1) is 12.7 Å². The van der Waals surface area contributed by atoms with Crippen molar-refractivity contribution in [3.8, 4) is 11.4 Å². The summed E-state index contributed by atoms with van der Waals surface area (Å²) in [6.07, 6.45) is 2.42. The number of hydrogen-bond acceptors (Lipinski definition) is 3. The molecule has 1 saturated carbocycles. The lowest BCUT2D eigenvalue weighted by Crippen LogP contribution is -2.46. The van der Waals surface area contributed by atoms with Crippen molar-refractivity contribution in [3.05, 3.63) is 82.0 Å². The molecule has 6 heteroatoms. The van der Waals surface area contributed by atoms with Crippen LogP contribution < -0.4 is 10.9 Å². The van der Waals surface area contributed by atoms with E-state index in [0.717, 1.165) is 24.8 Å². The molecule has 0 spiro atoms. The summed E-state index contributed by atoms with van der Waals surface area (Å²) in [4.78, 5) is 31.9. The van der Waals surface area contributed by atoms with Crippen LogP contribution >= 0.6 is 0 Å². The Hall–Kier alpha value is -3.28. The molecular formula is C22H20FN3O2. The normalized spacial score (nSPS) is 14.9. The van der Waals surface area contributed by atoms with Gasteiger partial charge in [-0.3, -0.25) is 9.59 Å². The van der Waals surface area contributed by atoms with Gasteiger partial charge in [-0.25, -0.2) is 9.37 Å². The maximum absolute atomic E-state index is 13.3. The van der Waals surface area contributed by atoms with Gasteiger partial charge in [0.05, 0.1) is 5.41 Å². The van der Waals surface area contributed by atoms with Gasteiger partial charge >= 0.3 is 0 Å². The smallest absolute Gasteiger partial charge is 0.251 e. The highest BCUT2D eigenvalue weighted by Crippen LogP contribution is 2.44. The van der Waals surface area contributed by atoms with Gasteiger partial charge in [0.25, 0.3) is 5.56 Å². The molecule has 0 bridgehead atoms. The van der Waals surface area contributed by atoms with Gasteiger partial charge < -0.3 is 10.3 Å². The molecule has 142 valence electrons. The van der Waals surface area contributed by atoms with Crippen LogP contribution in [-0.4, -0.2) is 15.9 Å². The van der Waals surface area contributed by atoms with Crippen LogP contribution in [0.15, 0.2) is 59.4 Å². The van der Waals surface area contributed by atoms with Gasteiger partial charge in [0.1, 0.15) is 11.6 Å². The van der Waals surface area contributed by atoms with Crippen molar-refractivity contribution < 1.29 is 9.18 Å². The zero-order chi connectivity index (χ0) is 19.7. The van der Waals surface area contributed by atoms with E-state index in [-0.39, 0.29) is 17.3 Å². The number of nitrogens with one attached hydrogen (secondary N) is 2. The lowest BCUT2D eigenvalue weighted by atomic mass is 9.64. The number of H-pyrrole nitrogens is 1. The van der Waals surface area contributed by atoms with Crippen molar-refractivity contribution in [1.82, 2.24) is 9.97 Å². The highest BCUT2D eigenvalue weighted by molar-refractivity contribution is 6.00. The third-order valence-electron chi connectivity index (χ3n) is 5.30. The first-order chi connectivity index (χ1) is 13.5. The molecule has 2 aromatic carbocycles. The molecule has 0 radical (unpaired) electrons. The molecule has 1 aromatic heterocycles. The SMILES string of the molecule is Cc1cc(=O)[nH]c(-c2cccc(NC(=O)C3(c4ccc(F)cc4)CCC3)c2)n1. The van der Waals surface area contributed by atoms with E-state index < -0.39 is 5.41 Å². The minimum absolute atomic E-state index is 0.104. The number of aryl methyl sites for hydroxylation is 1. The predicted molar refractivity (Wildman–Crippen MR) is 106 cm³/mol. The molecule has 0 saturated heterocycles. The second-order valence-corrected chi connectivity index (χ2v) is 7.21. The Morgan fingerprint density at radius 3 is 2.54 bits per heavy atom. The molecule has 2 N–H and O–H groups in total. The number of benzene rings is 2. The molecule has 0 atom stereocenters. The second-order valence-electron chi connectivity index (χ2n) is 7.21. The molecule has 1 aliphatic carbocycles. The van der Waals surface area contributed by atoms with E-state index in [9.17, 15) is 14.0 Å². The zero-order valence-electron chi connectivity index (χ0n) is 15.5. The molecule has 28 heavy (non-hydrogen) atoms. The number of carbonyl (C=O) groups is 1. The van der Waals surface area contributed by atoms with E-state index in [0.29, 0.717) is 22.8 Å². The first kappa shape index (κ1) is 18.1. The van der Waals surface area contributed by atoms with Gasteiger partial charge in [-0.15, -0.1) is 0 Å². The number of nitrogens with zero attached hydrogens (tertiary/aromatic N) is 1. The van der Waals surface area contributed by atoms with Gasteiger partial charge in [0.15, 0.2) is 0 Å². The molecule has 5 nitrogen and oxygen atoms in total. The zero-order valence-corrected chi connectivity index (χ0v) is 15.5. The largest absolute Gasteiger partial charge is 0.325 e. The fraction of sp³-hybridized carbons (Fsp3) is 0.227. The maximum atomic E-state index is 13.3. The van der Waals surface area contributed by atoms with Crippen LogP contribution in [0.2, 0.25) is 0 Å². The average molecular weight is 377 g/mol. The molecule has 3 aromatic rings. The van der Waals surface area contributed by atoms with Gasteiger partial charge in [-0.05, 0) is 49.6 Å². The number of anilines is 1. The van der Waals surface area contributed by atoms with Crippen LogP contribution in [0.5, 0.6) is 0 Å². The van der Waals surface area contributed by atoms with Crippen LogP contribution in [-0.2, 0) is 10.2 Å². The molecule has 1 amide bonds. The number of rotatable bonds is 4. The fourth-order valence-corrected chi connectivity index (χ4v) is 3.66. The van der Waals surface area contributed by atoms with E-state index in [1.807, 2.05) is 6.07 Å². The molecule has 1 heterocycles. The Morgan fingerprint density at radius 2 is 1.89 bits per heavy atom. The van der Waals surface area contributed by atoms with Crippen LogP contribution in [0.3, 0.4) is 0 Å². The van der Waals surface area contributed by atoms with Gasteiger partial charge in [0.2, 0.25) is 5.91 Å². The summed E-state index contributed by atoms with van der Waals surface area (Å²) in [5, 5.41) is 2.98. The summed E-state index contributed by atoms with van der Waals surface area (Å²) in [6, 6.07) is 14.8. The number of amides is 1. The number of aromatic nitrogens is 2. The van der Waals surface area contributed by atoms with Gasteiger partial charge in [0, 0.05) is 23.0 Å². The van der Waals surface area contributed by atoms with Crippen LogP contribution in [0.25, 0.3) is 11.4 Å². The Balaban J connectivity index is 1.61. The molecule has 4 rings (SSSR count). The van der Waals surface area contributed by atoms with Crippen molar-refractivity contribution >= 4 is 11.6 Å². The Kier molecular flexibility index (Phi) is 4.55. The maximum Gasteiger partial charge on any atom is 0.251 e. The summed E-state index contributed by atoms with van der Waals surface area (Å²) in [6.45, 7) is 1.76. The van der Waals surface area contributed by atoms with Crippen molar-refractivity contribution in [2.24, 2.45) is 0 Å². The number of halogens is 1. The first-order valence-corrected chi connectivity index (χ1v) is 9.22. The summed E-state index contributed by atoms with van der Waals surface area (Å²) in [7, 11) is 0. The first-order valence-electron chi connectivity index (χ1n) is 9.22. The molecule has 1 aliphatic rings. The van der Waals surface area contributed by atoms with Gasteiger partial charge in [-0.2, -0.15) is 0 Å². The minimum atomic E-state index is -0.625. The summed E-state index contributed by atoms with van der Waals surface area (Å²) in [5.74, 6) is 0.0390. The van der Waals surface area contributed by atoms with E-state index in [2.05, 4.69) is 15.3 Å². The van der Waals surface area contributed by atoms with Crippen molar-refractivity contribution in [3.63, 3.8) is 0 Å². The number of hydrogen-bond donors (Lipinski definition) is 2. The summed E-state index contributed by atoms with van der Waals surface area (Å²) >= 11 is 0. The van der Waals surface area contributed by atoms with Crippen LogP contribution in [0.1, 0.15) is 30.5 Å². The monoisotopic (exact) mass is 377 g/mol. The van der Waals surface area contributed by atoms with Crippen LogP contribution in [0.4, 0.5) is 10.1 Å². The van der Waals surface area contributed by atoms with Crippen molar-refractivity contribution in [1.29, 1.82) is 0 Å². The topological polar surface area (TPSA) is 74.8 Å². The highest BCUT2D eigenvalue weighted by Gasteiger charge is 2.45. The molecule has 0 unspecified atom stereocenters.